The van der Waals surface area contributed by atoms with E-state index in [-0.39, 0.29) is 24.4 Å². The highest BCUT2D eigenvalue weighted by atomic mass is 79.9. The van der Waals surface area contributed by atoms with Crippen LogP contribution in [0.4, 0.5) is 5.69 Å². The number of nitrogens with zero attached hydrogens (tertiary/aromatic N) is 1. The van der Waals surface area contributed by atoms with Crippen LogP contribution in [0.2, 0.25) is 0 Å². The van der Waals surface area contributed by atoms with E-state index in [2.05, 4.69) is 21.2 Å². The van der Waals surface area contributed by atoms with Crippen molar-refractivity contribution in [3.05, 3.63) is 28.2 Å². The molecule has 1 aliphatic heterocycles. The van der Waals surface area contributed by atoms with Gasteiger partial charge in [0, 0.05) is 10.2 Å². The van der Waals surface area contributed by atoms with Gasteiger partial charge in [-0.1, -0.05) is 22.4 Å². The molecule has 1 aromatic rings. The van der Waals surface area contributed by atoms with E-state index in [9.17, 15) is 9.59 Å². The molecule has 0 aliphatic carbocycles. The normalized spacial score (nSPS) is 19.2. The van der Waals surface area contributed by atoms with Gasteiger partial charge < -0.3 is 11.1 Å². The standard InChI is InChI=1S/C15H20BrN3O2/c1-10-8-11(5-6-12(10)16)18-14(20)9-19-7-3-2-4-13(19)15(17)21/h5-6,8,13H,2-4,7,9H2,1H3,(H2,17,21)(H,18,20). The molecular weight excluding hydrogens is 334 g/mol. The number of nitrogens with two attached hydrogens (primary N) is 1. The van der Waals surface area contributed by atoms with E-state index in [1.54, 1.807) is 0 Å². The molecule has 2 amide bonds. The lowest BCUT2D eigenvalue weighted by Crippen LogP contribution is -2.50. The minimum Gasteiger partial charge on any atom is -0.368 e. The van der Waals surface area contributed by atoms with Crippen LogP contribution in [-0.4, -0.2) is 35.8 Å². The number of rotatable bonds is 4. The summed E-state index contributed by atoms with van der Waals surface area (Å²) in [7, 11) is 0. The van der Waals surface area contributed by atoms with Crippen molar-refractivity contribution in [2.75, 3.05) is 18.4 Å². The maximum Gasteiger partial charge on any atom is 0.238 e. The summed E-state index contributed by atoms with van der Waals surface area (Å²) in [4.78, 5) is 25.4. The first-order valence-electron chi connectivity index (χ1n) is 7.07. The van der Waals surface area contributed by atoms with Gasteiger partial charge in [0.05, 0.1) is 12.6 Å². The first-order chi connectivity index (χ1) is 9.97. The Morgan fingerprint density at radius 1 is 1.43 bits per heavy atom. The molecule has 1 aromatic carbocycles. The monoisotopic (exact) mass is 353 g/mol. The lowest BCUT2D eigenvalue weighted by Gasteiger charge is -2.32. The summed E-state index contributed by atoms with van der Waals surface area (Å²) in [6.45, 7) is 2.90. The quantitative estimate of drug-likeness (QED) is 0.869. The van der Waals surface area contributed by atoms with E-state index in [0.717, 1.165) is 41.5 Å². The highest BCUT2D eigenvalue weighted by Crippen LogP contribution is 2.20. The first kappa shape index (κ1) is 16.0. The van der Waals surface area contributed by atoms with Crippen molar-refractivity contribution in [1.82, 2.24) is 4.90 Å². The SMILES string of the molecule is Cc1cc(NC(=O)CN2CCCCC2C(N)=O)ccc1Br. The van der Waals surface area contributed by atoms with E-state index in [1.165, 1.54) is 0 Å². The molecule has 0 bridgehead atoms. The topological polar surface area (TPSA) is 75.4 Å². The highest BCUT2D eigenvalue weighted by Gasteiger charge is 2.28. The van der Waals surface area contributed by atoms with Gasteiger partial charge in [0.15, 0.2) is 0 Å². The predicted molar refractivity (Wildman–Crippen MR) is 85.9 cm³/mol. The largest absolute Gasteiger partial charge is 0.368 e. The van der Waals surface area contributed by atoms with Crippen molar-refractivity contribution in [2.45, 2.75) is 32.2 Å². The maximum atomic E-state index is 12.1. The van der Waals surface area contributed by atoms with E-state index in [0.29, 0.717) is 0 Å². The summed E-state index contributed by atoms with van der Waals surface area (Å²) in [5.74, 6) is -0.466. The maximum absolute atomic E-state index is 12.1. The molecule has 0 radical (unpaired) electrons. The van der Waals surface area contributed by atoms with Crippen LogP contribution in [-0.2, 0) is 9.59 Å². The molecular formula is C15H20BrN3O2. The molecule has 0 saturated carbocycles. The highest BCUT2D eigenvalue weighted by molar-refractivity contribution is 9.10. The summed E-state index contributed by atoms with van der Waals surface area (Å²) in [5.41, 5.74) is 7.22. The van der Waals surface area contributed by atoms with Crippen LogP contribution in [0.5, 0.6) is 0 Å². The number of hydrogen-bond acceptors (Lipinski definition) is 3. The summed E-state index contributed by atoms with van der Waals surface area (Å²) < 4.78 is 1.00. The van der Waals surface area contributed by atoms with Crippen LogP contribution in [0.3, 0.4) is 0 Å². The zero-order chi connectivity index (χ0) is 15.4. The van der Waals surface area contributed by atoms with Gasteiger partial charge in [0.25, 0.3) is 0 Å². The molecule has 1 fully saturated rings. The minimum absolute atomic E-state index is 0.120. The fourth-order valence-corrected chi connectivity index (χ4v) is 2.86. The van der Waals surface area contributed by atoms with Crippen molar-refractivity contribution >= 4 is 33.4 Å². The van der Waals surface area contributed by atoms with Crippen LogP contribution < -0.4 is 11.1 Å². The molecule has 114 valence electrons. The zero-order valence-electron chi connectivity index (χ0n) is 12.1. The number of piperidine rings is 1. The summed E-state index contributed by atoms with van der Waals surface area (Å²) in [5, 5.41) is 2.86. The number of primary amides is 1. The predicted octanol–water partition coefficient (Wildman–Crippen LogP) is 2.04. The molecule has 21 heavy (non-hydrogen) atoms. The number of aryl methyl sites for hydroxylation is 1. The number of benzene rings is 1. The molecule has 0 aromatic heterocycles. The smallest absolute Gasteiger partial charge is 0.238 e. The van der Waals surface area contributed by atoms with E-state index >= 15 is 0 Å². The molecule has 1 unspecified atom stereocenters. The van der Waals surface area contributed by atoms with Crippen molar-refractivity contribution in [3.63, 3.8) is 0 Å². The number of amides is 2. The molecule has 1 aliphatic rings. The fourth-order valence-electron chi connectivity index (χ4n) is 2.61. The third-order valence-electron chi connectivity index (χ3n) is 3.73. The van der Waals surface area contributed by atoms with Crippen molar-refractivity contribution in [2.24, 2.45) is 5.73 Å². The number of hydrogen-bond donors (Lipinski definition) is 2. The van der Waals surface area contributed by atoms with Gasteiger partial charge in [-0.05, 0) is 50.1 Å². The molecule has 1 atom stereocenters. The third-order valence-corrected chi connectivity index (χ3v) is 4.62. The average molecular weight is 354 g/mol. The molecule has 3 N–H and O–H groups in total. The summed E-state index contributed by atoms with van der Waals surface area (Å²) in [6.07, 6.45) is 2.71. The van der Waals surface area contributed by atoms with Crippen molar-refractivity contribution in [3.8, 4) is 0 Å². The van der Waals surface area contributed by atoms with Crippen LogP contribution in [0.25, 0.3) is 0 Å². The third kappa shape index (κ3) is 4.28. The number of likely N-dealkylation sites (tertiary alicyclic amines) is 1. The second-order valence-corrected chi connectivity index (χ2v) is 6.25. The molecule has 1 saturated heterocycles. The van der Waals surface area contributed by atoms with Gasteiger partial charge in [0.2, 0.25) is 11.8 Å². The Balaban J connectivity index is 1.97. The summed E-state index contributed by atoms with van der Waals surface area (Å²) in [6, 6.07) is 5.33. The fraction of sp³-hybridized carbons (Fsp3) is 0.467. The Morgan fingerprint density at radius 3 is 2.86 bits per heavy atom. The Bertz CT molecular complexity index is 548. The van der Waals surface area contributed by atoms with Crippen LogP contribution in [0.15, 0.2) is 22.7 Å². The molecule has 1 heterocycles. The number of nitrogens with one attached hydrogen (secondary N) is 1. The lowest BCUT2D eigenvalue weighted by atomic mass is 10.0. The van der Waals surface area contributed by atoms with Gasteiger partial charge >= 0.3 is 0 Å². The molecule has 0 spiro atoms. The van der Waals surface area contributed by atoms with Gasteiger partial charge in [-0.25, -0.2) is 0 Å². The zero-order valence-corrected chi connectivity index (χ0v) is 13.6. The second kappa shape index (κ2) is 7.04. The van der Waals surface area contributed by atoms with Crippen molar-refractivity contribution < 1.29 is 9.59 Å². The molecule has 2 rings (SSSR count). The van der Waals surface area contributed by atoms with Crippen molar-refractivity contribution in [1.29, 1.82) is 0 Å². The Hall–Kier alpha value is -1.40. The number of halogens is 1. The molecule has 5 nitrogen and oxygen atoms in total. The van der Waals surface area contributed by atoms with Gasteiger partial charge in [-0.3, -0.25) is 14.5 Å². The average Bonchev–Trinajstić information content (AvgIpc) is 2.43. The van der Waals surface area contributed by atoms with Crippen LogP contribution in [0, 0.1) is 6.92 Å². The van der Waals surface area contributed by atoms with E-state index in [1.807, 2.05) is 30.0 Å². The van der Waals surface area contributed by atoms with Crippen LogP contribution in [0.1, 0.15) is 24.8 Å². The first-order valence-corrected chi connectivity index (χ1v) is 7.86. The number of carbonyl (C=O) groups is 2. The number of carbonyl (C=O) groups excluding carboxylic acids is 2. The second-order valence-electron chi connectivity index (χ2n) is 5.40. The Labute approximate surface area is 133 Å². The van der Waals surface area contributed by atoms with Gasteiger partial charge in [0.1, 0.15) is 0 Å². The van der Waals surface area contributed by atoms with Gasteiger partial charge in [-0.15, -0.1) is 0 Å². The lowest BCUT2D eigenvalue weighted by molar-refractivity contribution is -0.126. The van der Waals surface area contributed by atoms with Gasteiger partial charge in [-0.2, -0.15) is 0 Å². The molecule has 6 heteroatoms. The summed E-state index contributed by atoms with van der Waals surface area (Å²) >= 11 is 3.43. The van der Waals surface area contributed by atoms with E-state index in [4.69, 9.17) is 5.73 Å². The number of anilines is 1. The van der Waals surface area contributed by atoms with Crippen LogP contribution >= 0.6 is 15.9 Å². The van der Waals surface area contributed by atoms with E-state index < -0.39 is 0 Å². The Morgan fingerprint density at radius 2 is 2.19 bits per heavy atom. The minimum atomic E-state index is -0.345. The Kier molecular flexibility index (Phi) is 5.36.